The van der Waals surface area contributed by atoms with Crippen molar-refractivity contribution in [3.05, 3.63) is 29.3 Å². The van der Waals surface area contributed by atoms with Crippen molar-refractivity contribution in [2.45, 2.75) is 31.6 Å². The summed E-state index contributed by atoms with van der Waals surface area (Å²) in [6.07, 6.45) is 0.440. The van der Waals surface area contributed by atoms with E-state index in [0.717, 1.165) is 11.1 Å². The van der Waals surface area contributed by atoms with E-state index in [0.29, 0.717) is 6.42 Å². The standard InChI is InChI=1S/C13H18O5S/c1-10-6-7-12(9-11(10)2)19(15,16)18-8-4-5-13(14)17-3/h6-7,9H,4-5,8H2,1-3H3. The van der Waals surface area contributed by atoms with E-state index in [4.69, 9.17) is 4.18 Å². The Hall–Kier alpha value is -1.40. The van der Waals surface area contributed by atoms with E-state index < -0.39 is 10.1 Å². The van der Waals surface area contributed by atoms with Crippen LogP contribution < -0.4 is 0 Å². The molecule has 1 rings (SSSR count). The molecule has 0 aliphatic heterocycles. The first-order valence-electron chi connectivity index (χ1n) is 5.90. The summed E-state index contributed by atoms with van der Waals surface area (Å²) in [6, 6.07) is 4.82. The first kappa shape index (κ1) is 15.7. The van der Waals surface area contributed by atoms with Crippen LogP contribution in [0.25, 0.3) is 0 Å². The number of aryl methyl sites for hydroxylation is 2. The monoisotopic (exact) mass is 286 g/mol. The fourth-order valence-electron chi connectivity index (χ4n) is 1.42. The number of ether oxygens (including phenoxy) is 1. The molecule has 0 radical (unpaired) electrons. The van der Waals surface area contributed by atoms with Gasteiger partial charge in [0, 0.05) is 6.42 Å². The van der Waals surface area contributed by atoms with Crippen LogP contribution in [-0.2, 0) is 23.8 Å². The molecule has 0 N–H and O–H groups in total. The van der Waals surface area contributed by atoms with Crippen molar-refractivity contribution in [1.82, 2.24) is 0 Å². The normalized spacial score (nSPS) is 11.3. The summed E-state index contributed by atoms with van der Waals surface area (Å²) in [6.45, 7) is 3.71. The first-order chi connectivity index (χ1) is 8.86. The number of methoxy groups -OCH3 is 1. The van der Waals surface area contributed by atoms with Crippen LogP contribution in [0.15, 0.2) is 23.1 Å². The average Bonchev–Trinajstić information content (AvgIpc) is 2.37. The predicted molar refractivity (Wildman–Crippen MR) is 70.3 cm³/mol. The molecule has 106 valence electrons. The van der Waals surface area contributed by atoms with Crippen molar-refractivity contribution in [3.8, 4) is 0 Å². The second-order valence-corrected chi connectivity index (χ2v) is 5.82. The molecule has 0 aliphatic rings. The molecule has 0 amide bonds. The lowest BCUT2D eigenvalue weighted by Crippen LogP contribution is -2.09. The van der Waals surface area contributed by atoms with Crippen molar-refractivity contribution >= 4 is 16.1 Å². The van der Waals surface area contributed by atoms with Crippen LogP contribution in [0, 0.1) is 13.8 Å². The van der Waals surface area contributed by atoms with Gasteiger partial charge in [0.25, 0.3) is 10.1 Å². The quantitative estimate of drug-likeness (QED) is 0.454. The van der Waals surface area contributed by atoms with Crippen LogP contribution >= 0.6 is 0 Å². The Balaban J connectivity index is 2.61. The number of hydrogen-bond acceptors (Lipinski definition) is 5. The Bertz CT molecular complexity index is 548. The van der Waals surface area contributed by atoms with E-state index >= 15 is 0 Å². The number of benzene rings is 1. The zero-order valence-electron chi connectivity index (χ0n) is 11.3. The maximum absolute atomic E-state index is 11.9. The molecule has 5 nitrogen and oxygen atoms in total. The summed E-state index contributed by atoms with van der Waals surface area (Å²) in [7, 11) is -2.47. The van der Waals surface area contributed by atoms with Gasteiger partial charge in [-0.1, -0.05) is 6.07 Å². The Labute approximate surface area is 113 Å². The average molecular weight is 286 g/mol. The Kier molecular flexibility index (Phi) is 5.50. The minimum Gasteiger partial charge on any atom is -0.469 e. The third-order valence-electron chi connectivity index (χ3n) is 2.76. The molecule has 0 unspecified atom stereocenters. The molecule has 0 bridgehead atoms. The van der Waals surface area contributed by atoms with Crippen molar-refractivity contribution in [3.63, 3.8) is 0 Å². The van der Waals surface area contributed by atoms with Gasteiger partial charge in [0.2, 0.25) is 0 Å². The van der Waals surface area contributed by atoms with Crippen molar-refractivity contribution in [2.24, 2.45) is 0 Å². The van der Waals surface area contributed by atoms with E-state index in [-0.39, 0.29) is 23.9 Å². The molecular weight excluding hydrogens is 268 g/mol. The molecule has 0 atom stereocenters. The van der Waals surface area contributed by atoms with Crippen LogP contribution in [-0.4, -0.2) is 28.1 Å². The molecule has 0 heterocycles. The maximum atomic E-state index is 11.9. The van der Waals surface area contributed by atoms with Crippen molar-refractivity contribution in [1.29, 1.82) is 0 Å². The second kappa shape index (κ2) is 6.68. The second-order valence-electron chi connectivity index (χ2n) is 4.20. The molecule has 19 heavy (non-hydrogen) atoms. The van der Waals surface area contributed by atoms with E-state index in [1.165, 1.54) is 13.2 Å². The SMILES string of the molecule is COC(=O)CCCOS(=O)(=O)c1ccc(C)c(C)c1. The number of carbonyl (C=O) groups excluding carboxylic acids is 1. The van der Waals surface area contributed by atoms with E-state index in [1.807, 2.05) is 13.8 Å². The van der Waals surface area contributed by atoms with Gasteiger partial charge in [-0.05, 0) is 43.5 Å². The zero-order chi connectivity index (χ0) is 14.5. The molecule has 1 aromatic carbocycles. The van der Waals surface area contributed by atoms with Gasteiger partial charge in [-0.3, -0.25) is 8.98 Å². The highest BCUT2D eigenvalue weighted by atomic mass is 32.2. The first-order valence-corrected chi connectivity index (χ1v) is 7.31. The smallest absolute Gasteiger partial charge is 0.305 e. The highest BCUT2D eigenvalue weighted by Gasteiger charge is 2.15. The number of esters is 1. The van der Waals surface area contributed by atoms with Crippen LogP contribution in [0.4, 0.5) is 0 Å². The highest BCUT2D eigenvalue weighted by Crippen LogP contribution is 2.17. The summed E-state index contributed by atoms with van der Waals surface area (Å²) in [5.41, 5.74) is 1.91. The minimum atomic E-state index is -3.76. The molecular formula is C13H18O5S. The number of rotatable bonds is 6. The van der Waals surface area contributed by atoms with Gasteiger partial charge in [-0.15, -0.1) is 0 Å². The fourth-order valence-corrected chi connectivity index (χ4v) is 2.45. The van der Waals surface area contributed by atoms with Crippen LogP contribution in [0.3, 0.4) is 0 Å². The summed E-state index contributed by atoms with van der Waals surface area (Å²) in [4.78, 5) is 11.0. The summed E-state index contributed by atoms with van der Waals surface area (Å²) < 4.78 is 33.1. The highest BCUT2D eigenvalue weighted by molar-refractivity contribution is 7.86. The predicted octanol–water partition coefficient (Wildman–Crippen LogP) is 1.96. The molecule has 0 spiro atoms. The Morgan fingerprint density at radius 1 is 1.21 bits per heavy atom. The van der Waals surface area contributed by atoms with Gasteiger partial charge in [0.15, 0.2) is 0 Å². The lowest BCUT2D eigenvalue weighted by molar-refractivity contribution is -0.140. The number of carbonyl (C=O) groups is 1. The van der Waals surface area contributed by atoms with Gasteiger partial charge >= 0.3 is 5.97 Å². The third kappa shape index (κ3) is 4.65. The molecule has 1 aromatic rings. The van der Waals surface area contributed by atoms with Gasteiger partial charge in [0.1, 0.15) is 0 Å². The van der Waals surface area contributed by atoms with E-state index in [9.17, 15) is 13.2 Å². The van der Waals surface area contributed by atoms with Gasteiger partial charge < -0.3 is 4.74 Å². The van der Waals surface area contributed by atoms with Crippen molar-refractivity contribution in [2.75, 3.05) is 13.7 Å². The summed E-state index contributed by atoms with van der Waals surface area (Å²) in [5.74, 6) is -0.382. The largest absolute Gasteiger partial charge is 0.469 e. The van der Waals surface area contributed by atoms with Crippen LogP contribution in [0.5, 0.6) is 0 Å². The Morgan fingerprint density at radius 2 is 1.89 bits per heavy atom. The Morgan fingerprint density at radius 3 is 2.47 bits per heavy atom. The van der Waals surface area contributed by atoms with Gasteiger partial charge in [-0.25, -0.2) is 0 Å². The van der Waals surface area contributed by atoms with E-state index in [2.05, 4.69) is 4.74 Å². The van der Waals surface area contributed by atoms with E-state index in [1.54, 1.807) is 12.1 Å². The summed E-state index contributed by atoms with van der Waals surface area (Å²) in [5, 5.41) is 0. The lowest BCUT2D eigenvalue weighted by Gasteiger charge is -2.07. The van der Waals surface area contributed by atoms with Gasteiger partial charge in [0.05, 0.1) is 18.6 Å². The molecule has 0 aliphatic carbocycles. The molecule has 6 heteroatoms. The topological polar surface area (TPSA) is 69.7 Å². The number of hydrogen-bond donors (Lipinski definition) is 0. The molecule has 0 fully saturated rings. The zero-order valence-corrected chi connectivity index (χ0v) is 12.1. The van der Waals surface area contributed by atoms with Crippen LogP contribution in [0.1, 0.15) is 24.0 Å². The van der Waals surface area contributed by atoms with Crippen LogP contribution in [0.2, 0.25) is 0 Å². The minimum absolute atomic E-state index is 0.0373. The maximum Gasteiger partial charge on any atom is 0.305 e. The molecule has 0 aromatic heterocycles. The fraction of sp³-hybridized carbons (Fsp3) is 0.462. The van der Waals surface area contributed by atoms with Gasteiger partial charge in [-0.2, -0.15) is 8.42 Å². The molecule has 0 saturated heterocycles. The lowest BCUT2D eigenvalue weighted by atomic mass is 10.1. The van der Waals surface area contributed by atoms with Crippen molar-refractivity contribution < 1.29 is 22.1 Å². The third-order valence-corrected chi connectivity index (χ3v) is 4.07. The summed E-state index contributed by atoms with van der Waals surface area (Å²) >= 11 is 0. The molecule has 0 saturated carbocycles.